The minimum Gasteiger partial charge on any atom is -0.360 e. The number of halogens is 1. The Kier molecular flexibility index (Phi) is 4.94. The Labute approximate surface area is 144 Å². The number of aromatic nitrogens is 1. The van der Waals surface area contributed by atoms with E-state index in [2.05, 4.69) is 15.8 Å². The molecule has 0 fully saturated rings. The summed E-state index contributed by atoms with van der Waals surface area (Å²) in [6.07, 6.45) is 0.957. The van der Waals surface area contributed by atoms with Gasteiger partial charge in [0.05, 0.1) is 6.04 Å². The first-order valence-corrected chi connectivity index (χ1v) is 8.82. The molecule has 0 saturated carbocycles. The zero-order chi connectivity index (χ0) is 16.4. The number of hydrogen-bond acceptors (Lipinski definition) is 5. The molecule has 23 heavy (non-hydrogen) atoms. The molecule has 7 heteroatoms. The Morgan fingerprint density at radius 2 is 2.30 bits per heavy atom. The standard InChI is InChI=1S/C16H18ClN3O2S/c1-9-7-15(20-22-9)19-16(21)10(2)18-13-5-6-23-14-4-3-11(17)8-12(13)14/h3-4,7-8,10,13,18H,5-6H2,1-2H3,(H,19,20,21)/t10-,13-/m0/s1. The second kappa shape index (κ2) is 6.95. The van der Waals surface area contributed by atoms with Crippen LogP contribution in [0.3, 0.4) is 0 Å². The Bertz CT molecular complexity index is 719. The molecule has 2 N–H and O–H groups in total. The first kappa shape index (κ1) is 16.4. The van der Waals surface area contributed by atoms with E-state index in [0.717, 1.165) is 17.7 Å². The summed E-state index contributed by atoms with van der Waals surface area (Å²) in [5, 5.41) is 10.6. The highest BCUT2D eigenvalue weighted by Crippen LogP contribution is 2.37. The van der Waals surface area contributed by atoms with Gasteiger partial charge < -0.3 is 9.84 Å². The summed E-state index contributed by atoms with van der Waals surface area (Å²) < 4.78 is 4.95. The van der Waals surface area contributed by atoms with E-state index in [4.69, 9.17) is 16.1 Å². The highest BCUT2D eigenvalue weighted by atomic mass is 35.5. The lowest BCUT2D eigenvalue weighted by Crippen LogP contribution is -2.41. The van der Waals surface area contributed by atoms with Crippen LogP contribution in [0.5, 0.6) is 0 Å². The topological polar surface area (TPSA) is 67.2 Å². The summed E-state index contributed by atoms with van der Waals surface area (Å²) >= 11 is 7.94. The number of aryl methyl sites for hydroxylation is 1. The van der Waals surface area contributed by atoms with Crippen LogP contribution in [0.1, 0.15) is 30.7 Å². The molecule has 0 bridgehead atoms. The van der Waals surface area contributed by atoms with Crippen molar-refractivity contribution in [3.63, 3.8) is 0 Å². The van der Waals surface area contributed by atoms with Gasteiger partial charge in [-0.25, -0.2) is 0 Å². The summed E-state index contributed by atoms with van der Waals surface area (Å²) in [7, 11) is 0. The first-order valence-electron chi connectivity index (χ1n) is 7.45. The molecular formula is C16H18ClN3O2S. The van der Waals surface area contributed by atoms with E-state index >= 15 is 0 Å². The average Bonchev–Trinajstić information content (AvgIpc) is 2.93. The molecule has 0 aliphatic carbocycles. The Balaban J connectivity index is 1.67. The molecule has 3 rings (SSSR count). The van der Waals surface area contributed by atoms with E-state index in [1.54, 1.807) is 13.0 Å². The fourth-order valence-electron chi connectivity index (χ4n) is 2.58. The van der Waals surface area contributed by atoms with Crippen LogP contribution in [-0.2, 0) is 4.79 Å². The summed E-state index contributed by atoms with van der Waals surface area (Å²) in [5.74, 6) is 1.97. The fraction of sp³-hybridized carbons (Fsp3) is 0.375. The summed E-state index contributed by atoms with van der Waals surface area (Å²) in [5.41, 5.74) is 1.16. The number of benzene rings is 1. The number of anilines is 1. The lowest BCUT2D eigenvalue weighted by molar-refractivity contribution is -0.118. The maximum atomic E-state index is 12.3. The average molecular weight is 352 g/mol. The number of fused-ring (bicyclic) bond motifs is 1. The number of carbonyl (C=O) groups excluding carboxylic acids is 1. The van der Waals surface area contributed by atoms with Crippen molar-refractivity contribution in [2.75, 3.05) is 11.1 Å². The van der Waals surface area contributed by atoms with Crippen LogP contribution < -0.4 is 10.6 Å². The maximum Gasteiger partial charge on any atom is 0.242 e. The van der Waals surface area contributed by atoms with Crippen molar-refractivity contribution in [3.05, 3.63) is 40.6 Å². The lowest BCUT2D eigenvalue weighted by atomic mass is 10.0. The van der Waals surface area contributed by atoms with Crippen LogP contribution in [0, 0.1) is 6.92 Å². The van der Waals surface area contributed by atoms with E-state index in [1.165, 1.54) is 4.90 Å². The monoisotopic (exact) mass is 351 g/mol. The molecule has 122 valence electrons. The fourth-order valence-corrected chi connectivity index (χ4v) is 3.86. The zero-order valence-electron chi connectivity index (χ0n) is 12.9. The highest BCUT2D eigenvalue weighted by Gasteiger charge is 2.25. The molecule has 1 aliphatic rings. The minimum absolute atomic E-state index is 0.116. The molecule has 2 heterocycles. The van der Waals surface area contributed by atoms with E-state index in [9.17, 15) is 4.79 Å². The van der Waals surface area contributed by atoms with E-state index in [1.807, 2.05) is 36.9 Å². The summed E-state index contributed by atoms with van der Waals surface area (Å²) in [6.45, 7) is 3.62. The molecule has 0 saturated heterocycles. The van der Waals surface area contributed by atoms with Gasteiger partial charge in [-0.3, -0.25) is 10.1 Å². The van der Waals surface area contributed by atoms with Gasteiger partial charge in [0.2, 0.25) is 5.91 Å². The summed E-state index contributed by atoms with van der Waals surface area (Å²) in [6, 6.07) is 7.37. The molecule has 1 aliphatic heterocycles. The van der Waals surface area contributed by atoms with Gasteiger partial charge in [0.1, 0.15) is 5.76 Å². The van der Waals surface area contributed by atoms with Crippen molar-refractivity contribution < 1.29 is 9.32 Å². The van der Waals surface area contributed by atoms with Crippen molar-refractivity contribution in [1.82, 2.24) is 10.5 Å². The minimum atomic E-state index is -0.355. The largest absolute Gasteiger partial charge is 0.360 e. The van der Waals surface area contributed by atoms with Crippen molar-refractivity contribution >= 4 is 35.1 Å². The number of rotatable bonds is 4. The number of nitrogens with one attached hydrogen (secondary N) is 2. The van der Waals surface area contributed by atoms with Gasteiger partial charge in [0, 0.05) is 22.0 Å². The van der Waals surface area contributed by atoms with Gasteiger partial charge in [0.15, 0.2) is 5.82 Å². The number of thioether (sulfide) groups is 1. The van der Waals surface area contributed by atoms with Crippen LogP contribution in [0.4, 0.5) is 5.82 Å². The molecule has 1 aromatic heterocycles. The third kappa shape index (κ3) is 3.88. The predicted molar refractivity (Wildman–Crippen MR) is 92.0 cm³/mol. The second-order valence-electron chi connectivity index (χ2n) is 5.57. The van der Waals surface area contributed by atoms with Crippen molar-refractivity contribution in [3.8, 4) is 0 Å². The van der Waals surface area contributed by atoms with Gasteiger partial charge in [-0.1, -0.05) is 16.8 Å². The number of nitrogens with zero attached hydrogens (tertiary/aromatic N) is 1. The smallest absolute Gasteiger partial charge is 0.242 e. The Morgan fingerprint density at radius 1 is 1.48 bits per heavy atom. The van der Waals surface area contributed by atoms with Crippen molar-refractivity contribution in [1.29, 1.82) is 0 Å². The predicted octanol–water partition coefficient (Wildman–Crippen LogP) is 3.79. The normalized spacial score (nSPS) is 18.3. The third-order valence-electron chi connectivity index (χ3n) is 3.74. The van der Waals surface area contributed by atoms with E-state index < -0.39 is 0 Å². The molecule has 1 aromatic carbocycles. The van der Waals surface area contributed by atoms with Crippen molar-refractivity contribution in [2.24, 2.45) is 0 Å². The SMILES string of the molecule is Cc1cc(NC(=O)[C@H](C)N[C@H]2CCSc3ccc(Cl)cc32)no1. The third-order valence-corrected chi connectivity index (χ3v) is 5.09. The summed E-state index contributed by atoms with van der Waals surface area (Å²) in [4.78, 5) is 13.5. The Hall–Kier alpha value is -1.50. The molecule has 2 aromatic rings. The molecule has 5 nitrogen and oxygen atoms in total. The molecule has 0 unspecified atom stereocenters. The molecule has 2 atom stereocenters. The molecule has 0 spiro atoms. The number of carbonyl (C=O) groups is 1. The van der Waals surface area contributed by atoms with Crippen LogP contribution >= 0.6 is 23.4 Å². The van der Waals surface area contributed by atoms with E-state index in [-0.39, 0.29) is 18.0 Å². The van der Waals surface area contributed by atoms with Crippen LogP contribution in [0.25, 0.3) is 0 Å². The molecular weight excluding hydrogens is 334 g/mol. The van der Waals surface area contributed by atoms with Gasteiger partial charge in [-0.05, 0) is 49.8 Å². The van der Waals surface area contributed by atoms with Gasteiger partial charge >= 0.3 is 0 Å². The second-order valence-corrected chi connectivity index (χ2v) is 7.15. The van der Waals surface area contributed by atoms with Gasteiger partial charge in [-0.2, -0.15) is 0 Å². The van der Waals surface area contributed by atoms with Crippen LogP contribution in [0.15, 0.2) is 33.7 Å². The van der Waals surface area contributed by atoms with Gasteiger partial charge in [-0.15, -0.1) is 11.8 Å². The highest BCUT2D eigenvalue weighted by molar-refractivity contribution is 7.99. The lowest BCUT2D eigenvalue weighted by Gasteiger charge is -2.28. The van der Waals surface area contributed by atoms with Crippen LogP contribution in [-0.4, -0.2) is 22.9 Å². The first-order chi connectivity index (χ1) is 11.0. The van der Waals surface area contributed by atoms with Crippen LogP contribution in [0.2, 0.25) is 5.02 Å². The molecule has 1 amide bonds. The number of amides is 1. The zero-order valence-corrected chi connectivity index (χ0v) is 14.5. The quantitative estimate of drug-likeness (QED) is 0.877. The Morgan fingerprint density at radius 3 is 3.04 bits per heavy atom. The van der Waals surface area contributed by atoms with Crippen molar-refractivity contribution in [2.45, 2.75) is 37.2 Å². The number of hydrogen-bond donors (Lipinski definition) is 2. The molecule has 0 radical (unpaired) electrons. The van der Waals surface area contributed by atoms with E-state index in [0.29, 0.717) is 16.6 Å². The van der Waals surface area contributed by atoms with Gasteiger partial charge in [0.25, 0.3) is 0 Å². The maximum absolute atomic E-state index is 12.3.